The minimum atomic E-state index is -1.29. The van der Waals surface area contributed by atoms with Gasteiger partial charge < -0.3 is 9.47 Å². The van der Waals surface area contributed by atoms with Crippen molar-refractivity contribution in [3.63, 3.8) is 0 Å². The second-order valence-electron chi connectivity index (χ2n) is 22.6. The third-order valence-electron chi connectivity index (χ3n) is 15.7. The molecule has 0 aliphatic heterocycles. The number of carbonyl (C=O) groups excluding carboxylic acids is 2. The average molecular weight is 1300 g/mol. The van der Waals surface area contributed by atoms with E-state index in [9.17, 15) is 9.59 Å². The van der Waals surface area contributed by atoms with Crippen molar-refractivity contribution in [1.29, 1.82) is 0 Å². The van der Waals surface area contributed by atoms with E-state index in [1.165, 1.54) is 104 Å². The Balaban J connectivity index is 1.03. The van der Waals surface area contributed by atoms with Crippen LogP contribution in [0.5, 0.6) is 11.5 Å². The standard InChI is InChI=1S/C78H78O18/c1-6-9-12-15-18-23-52-82-69-46-41-62(42-47-69)78-71-50-30-58(5)53-73(71)77(63-43-48-70(49-44-63)83-75(79)26-21-16-17-22-27-76(80)84-86-88-90-92-94-96-95-93-91-89-87-85-81)72-51-45-68(56-74(72)78)61-37-33-60(34-38-61)36-40-67-55-64(24-19-13-10-7-2)66(54-65(67)25-20-14-11-8-3)39-35-59-31-28-57(4)29-32-59/h28-51,53-56,81H,6-15,18-20,23-25,52H2,1-5H3/b39-35+,40-36+. The number of carbonyl (C=O) groups is 2. The van der Waals surface area contributed by atoms with E-state index < -0.39 is 11.9 Å². The monoisotopic (exact) mass is 1300 g/mol. The van der Waals surface area contributed by atoms with Crippen LogP contribution in [0.15, 0.2) is 146 Å². The number of ether oxygens (including phenoxy) is 2. The maximum atomic E-state index is 12.8. The Morgan fingerprint density at radius 3 is 1.38 bits per heavy atom. The molecule has 0 aromatic heterocycles. The SMILES string of the molecule is CCCCCCCCOc1ccc(-c2c3ccc(C)cc3c(-c3ccc(OC(=O)C#CC#CC#CC(=O)OOOOOOOOOOOOOO)cc3)c3ccc(-c4ccc(/C=C/c5cc(CCCCCC)c(/C=C/c6ccc(C)cc6)cc5CCCCCC)cc4)cc23)cc1. The lowest BCUT2D eigenvalue weighted by atomic mass is 9.84. The number of esters is 1. The highest BCUT2D eigenvalue weighted by Gasteiger charge is 2.19. The molecule has 8 aromatic carbocycles. The number of hydrogen-bond acceptors (Lipinski definition) is 18. The van der Waals surface area contributed by atoms with Crippen LogP contribution < -0.4 is 9.47 Å². The first-order chi connectivity index (χ1) is 47.1. The molecule has 0 heterocycles. The maximum absolute atomic E-state index is 12.8. The van der Waals surface area contributed by atoms with Crippen LogP contribution in [0.2, 0.25) is 0 Å². The molecule has 0 saturated heterocycles. The van der Waals surface area contributed by atoms with Gasteiger partial charge in [0.15, 0.2) is 0 Å². The topological polar surface area (TPSA) is 193 Å². The van der Waals surface area contributed by atoms with E-state index in [4.69, 9.17) is 14.7 Å². The van der Waals surface area contributed by atoms with Crippen molar-refractivity contribution in [1.82, 2.24) is 0 Å². The predicted octanol–water partition coefficient (Wildman–Crippen LogP) is 19.0. The van der Waals surface area contributed by atoms with Crippen molar-refractivity contribution < 1.29 is 89.7 Å². The van der Waals surface area contributed by atoms with Crippen molar-refractivity contribution in [2.75, 3.05) is 6.61 Å². The fraction of sp³-hybridized carbons (Fsp3) is 0.282. The Morgan fingerprint density at radius 1 is 0.385 bits per heavy atom. The fourth-order valence-electron chi connectivity index (χ4n) is 11.0. The molecule has 96 heavy (non-hydrogen) atoms. The zero-order chi connectivity index (χ0) is 67.4. The summed E-state index contributed by atoms with van der Waals surface area (Å²) < 4.78 is 11.9. The molecule has 8 aromatic rings. The zero-order valence-electron chi connectivity index (χ0n) is 54.6. The third kappa shape index (κ3) is 23.5. The van der Waals surface area contributed by atoms with Crippen LogP contribution in [0.25, 0.3) is 79.2 Å². The summed E-state index contributed by atoms with van der Waals surface area (Å²) in [6.07, 6.45) is 28.1. The summed E-state index contributed by atoms with van der Waals surface area (Å²) in [7, 11) is 0. The van der Waals surface area contributed by atoms with Crippen molar-refractivity contribution in [2.45, 2.75) is 137 Å². The Kier molecular flexibility index (Phi) is 30.8. The normalized spacial score (nSPS) is 11.1. The first-order valence-corrected chi connectivity index (χ1v) is 32.3. The van der Waals surface area contributed by atoms with Crippen LogP contribution in [0.4, 0.5) is 0 Å². The van der Waals surface area contributed by atoms with E-state index in [1.807, 2.05) is 18.1 Å². The van der Waals surface area contributed by atoms with Gasteiger partial charge in [0.2, 0.25) is 0 Å². The Labute approximate surface area is 559 Å². The summed E-state index contributed by atoms with van der Waals surface area (Å²) in [6.45, 7) is 11.7. The molecule has 0 atom stereocenters. The summed E-state index contributed by atoms with van der Waals surface area (Å²) in [4.78, 5) is 28.6. The smallest absolute Gasteiger partial charge is 0.421 e. The van der Waals surface area contributed by atoms with E-state index in [0.717, 1.165) is 104 Å². The molecule has 0 saturated carbocycles. The van der Waals surface area contributed by atoms with E-state index in [0.29, 0.717) is 6.61 Å². The number of rotatable bonds is 38. The minimum Gasteiger partial charge on any atom is -0.494 e. The molecule has 18 nitrogen and oxygen atoms in total. The average Bonchev–Trinajstić information content (AvgIpc) is 0.731. The van der Waals surface area contributed by atoms with Crippen LogP contribution in [-0.4, -0.2) is 23.8 Å². The van der Waals surface area contributed by atoms with Gasteiger partial charge in [0.05, 0.1) is 6.61 Å². The third-order valence-corrected chi connectivity index (χ3v) is 15.7. The van der Waals surface area contributed by atoms with E-state index in [-0.39, 0.29) is 5.75 Å². The van der Waals surface area contributed by atoms with Crippen LogP contribution >= 0.6 is 0 Å². The Morgan fingerprint density at radius 2 is 0.823 bits per heavy atom. The Hall–Kier alpha value is -9.34. The van der Waals surface area contributed by atoms with Crippen molar-refractivity contribution in [3.8, 4) is 80.4 Å². The lowest BCUT2D eigenvalue weighted by Crippen LogP contribution is -2.06. The molecule has 0 aliphatic rings. The highest BCUT2D eigenvalue weighted by atomic mass is 18.0. The molecule has 0 aliphatic carbocycles. The summed E-state index contributed by atoms with van der Waals surface area (Å²) in [5.41, 5.74) is 16.4. The first kappa shape index (κ1) is 72.5. The van der Waals surface area contributed by atoms with Gasteiger partial charge in [0.25, 0.3) is 0 Å². The van der Waals surface area contributed by atoms with E-state index in [2.05, 4.69) is 275 Å². The van der Waals surface area contributed by atoms with Gasteiger partial charge in [0, 0.05) is 42.1 Å². The molecule has 0 amide bonds. The largest absolute Gasteiger partial charge is 0.494 e. The number of benzene rings is 8. The molecule has 0 bridgehead atoms. The summed E-state index contributed by atoms with van der Waals surface area (Å²) in [5, 5.41) is 55.0. The lowest BCUT2D eigenvalue weighted by molar-refractivity contribution is -0.874. The molecule has 1 N–H and O–H groups in total. The van der Waals surface area contributed by atoms with Crippen molar-refractivity contribution in [2.24, 2.45) is 0 Å². The van der Waals surface area contributed by atoms with Crippen LogP contribution in [0.1, 0.15) is 155 Å². The number of aryl methyl sites for hydroxylation is 4. The second-order valence-corrected chi connectivity index (χ2v) is 22.6. The van der Waals surface area contributed by atoms with Gasteiger partial charge in [-0.2, -0.15) is 0 Å². The van der Waals surface area contributed by atoms with Gasteiger partial charge in [-0.25, -0.2) is 14.8 Å². The molecular weight excluding hydrogens is 1220 g/mol. The van der Waals surface area contributed by atoms with Gasteiger partial charge in [-0.15, -0.1) is 0 Å². The number of hydrogen-bond donors (Lipinski definition) is 1. The molecule has 0 unspecified atom stereocenters. The first-order valence-electron chi connectivity index (χ1n) is 32.3. The molecule has 498 valence electrons. The number of fused-ring (bicyclic) bond motifs is 2. The quantitative estimate of drug-likeness (QED) is 0.00442. The van der Waals surface area contributed by atoms with Gasteiger partial charge in [-0.3, -0.25) is 4.89 Å². The van der Waals surface area contributed by atoms with Crippen LogP contribution in [-0.2, 0) is 87.8 Å². The minimum absolute atomic E-state index is 0.263. The van der Waals surface area contributed by atoms with Crippen LogP contribution in [0, 0.1) is 49.4 Å². The molecule has 0 radical (unpaired) electrons. The fourth-order valence-corrected chi connectivity index (χ4v) is 11.0. The van der Waals surface area contributed by atoms with E-state index >= 15 is 0 Å². The van der Waals surface area contributed by atoms with Gasteiger partial charge in [-0.05, 0) is 219 Å². The van der Waals surface area contributed by atoms with Crippen LogP contribution in [0.3, 0.4) is 0 Å². The molecule has 0 fully saturated rings. The predicted molar refractivity (Wildman–Crippen MR) is 363 cm³/mol. The van der Waals surface area contributed by atoms with Gasteiger partial charge in [0.1, 0.15) is 11.5 Å². The Bertz CT molecular complexity index is 4030. The molecule has 8 rings (SSSR count). The van der Waals surface area contributed by atoms with Crippen molar-refractivity contribution in [3.05, 3.63) is 190 Å². The second kappa shape index (κ2) is 40.8. The summed E-state index contributed by atoms with van der Waals surface area (Å²) in [6, 6.07) is 51.7. The maximum Gasteiger partial charge on any atom is 0.421 e. The van der Waals surface area contributed by atoms with Gasteiger partial charge in [-0.1, -0.05) is 242 Å². The van der Waals surface area contributed by atoms with E-state index in [1.54, 1.807) is 12.1 Å². The highest BCUT2D eigenvalue weighted by Crippen LogP contribution is 2.46. The summed E-state index contributed by atoms with van der Waals surface area (Å²) in [5.74, 6) is 12.2. The van der Waals surface area contributed by atoms with Crippen molar-refractivity contribution >= 4 is 57.8 Å². The highest BCUT2D eigenvalue weighted by molar-refractivity contribution is 6.22. The zero-order valence-corrected chi connectivity index (χ0v) is 54.6. The summed E-state index contributed by atoms with van der Waals surface area (Å²) >= 11 is 0. The molecule has 18 heteroatoms. The molecular formula is C78H78O18. The van der Waals surface area contributed by atoms with Gasteiger partial charge >= 0.3 is 11.9 Å². The number of unbranched alkanes of at least 4 members (excludes halogenated alkanes) is 11. The molecule has 0 spiro atoms. The lowest BCUT2D eigenvalue weighted by Gasteiger charge is -2.19.